The van der Waals surface area contributed by atoms with Gasteiger partial charge in [0.1, 0.15) is 17.3 Å². The number of pyridine rings is 1. The lowest BCUT2D eigenvalue weighted by Gasteiger charge is -2.24. The number of ether oxygens (including phenoxy) is 1. The SMILES string of the molecule is CCOC(=O)c1ccccc1NC(=O)CN(c1ccc(F)cc1)S(=O)(=O)c1cccnc1. The number of anilines is 2. The Labute approximate surface area is 184 Å². The van der Waals surface area contributed by atoms with Crippen molar-refractivity contribution >= 4 is 33.3 Å². The van der Waals surface area contributed by atoms with E-state index in [9.17, 15) is 22.4 Å². The second kappa shape index (κ2) is 10.0. The van der Waals surface area contributed by atoms with E-state index in [1.54, 1.807) is 19.1 Å². The van der Waals surface area contributed by atoms with E-state index in [-0.39, 0.29) is 28.4 Å². The van der Waals surface area contributed by atoms with E-state index < -0.39 is 34.3 Å². The lowest BCUT2D eigenvalue weighted by molar-refractivity contribution is -0.114. The third-order valence-electron chi connectivity index (χ3n) is 4.32. The molecule has 0 aliphatic carbocycles. The maximum atomic E-state index is 13.4. The van der Waals surface area contributed by atoms with Gasteiger partial charge in [-0.15, -0.1) is 0 Å². The van der Waals surface area contributed by atoms with E-state index in [0.29, 0.717) is 0 Å². The van der Waals surface area contributed by atoms with Crippen LogP contribution in [0.2, 0.25) is 0 Å². The molecule has 2 aromatic carbocycles. The van der Waals surface area contributed by atoms with Gasteiger partial charge in [-0.05, 0) is 55.5 Å². The van der Waals surface area contributed by atoms with E-state index in [0.717, 1.165) is 22.6 Å². The molecule has 1 N–H and O–H groups in total. The standard InChI is InChI=1S/C22H20FN3O5S/c1-2-31-22(28)19-7-3-4-8-20(19)25-21(27)15-26(17-11-9-16(23)10-12-17)32(29,30)18-6-5-13-24-14-18/h3-14H,2,15H2,1H3,(H,25,27). The molecule has 3 rings (SSSR count). The van der Waals surface area contributed by atoms with Crippen LogP contribution in [0.4, 0.5) is 15.8 Å². The first-order valence-electron chi connectivity index (χ1n) is 9.57. The minimum absolute atomic E-state index is 0.0871. The highest BCUT2D eigenvalue weighted by Gasteiger charge is 2.28. The molecule has 1 aromatic heterocycles. The zero-order valence-electron chi connectivity index (χ0n) is 17.1. The van der Waals surface area contributed by atoms with Gasteiger partial charge in [-0.25, -0.2) is 17.6 Å². The highest BCUT2D eigenvalue weighted by atomic mass is 32.2. The van der Waals surface area contributed by atoms with Crippen LogP contribution in [0.1, 0.15) is 17.3 Å². The van der Waals surface area contributed by atoms with Crippen molar-refractivity contribution in [2.75, 3.05) is 22.8 Å². The van der Waals surface area contributed by atoms with Crippen LogP contribution >= 0.6 is 0 Å². The quantitative estimate of drug-likeness (QED) is 0.521. The smallest absolute Gasteiger partial charge is 0.340 e. The second-order valence-corrected chi connectivity index (χ2v) is 8.35. The van der Waals surface area contributed by atoms with Crippen molar-refractivity contribution in [3.8, 4) is 0 Å². The summed E-state index contributed by atoms with van der Waals surface area (Å²) in [7, 11) is -4.19. The third-order valence-corrected chi connectivity index (χ3v) is 6.08. The fraction of sp³-hybridized carbons (Fsp3) is 0.136. The molecule has 0 aliphatic rings. The van der Waals surface area contributed by atoms with Crippen molar-refractivity contribution in [1.82, 2.24) is 4.98 Å². The second-order valence-electron chi connectivity index (χ2n) is 6.49. The monoisotopic (exact) mass is 457 g/mol. The van der Waals surface area contributed by atoms with Crippen LogP contribution in [0.15, 0.2) is 78.0 Å². The fourth-order valence-corrected chi connectivity index (χ4v) is 4.23. The Kier molecular flexibility index (Phi) is 7.16. The van der Waals surface area contributed by atoms with E-state index >= 15 is 0 Å². The van der Waals surface area contributed by atoms with Crippen LogP contribution < -0.4 is 9.62 Å². The summed E-state index contributed by atoms with van der Waals surface area (Å²) in [6.07, 6.45) is 2.57. The van der Waals surface area contributed by atoms with Gasteiger partial charge in [-0.3, -0.25) is 14.1 Å². The predicted octanol–water partition coefficient (Wildman–Crippen LogP) is 3.23. The Morgan fingerprint density at radius 3 is 2.44 bits per heavy atom. The van der Waals surface area contributed by atoms with Crippen molar-refractivity contribution in [3.05, 3.63) is 84.4 Å². The lowest BCUT2D eigenvalue weighted by atomic mass is 10.2. The molecule has 0 aliphatic heterocycles. The number of benzene rings is 2. The summed E-state index contributed by atoms with van der Waals surface area (Å²) in [6.45, 7) is 1.19. The van der Waals surface area contributed by atoms with Gasteiger partial charge in [0, 0.05) is 12.4 Å². The molecule has 32 heavy (non-hydrogen) atoms. The maximum Gasteiger partial charge on any atom is 0.340 e. The van der Waals surface area contributed by atoms with Crippen molar-refractivity contribution in [3.63, 3.8) is 0 Å². The number of aromatic nitrogens is 1. The first-order chi connectivity index (χ1) is 15.3. The summed E-state index contributed by atoms with van der Waals surface area (Å²) < 4.78 is 45.6. The molecule has 3 aromatic rings. The van der Waals surface area contributed by atoms with Crippen LogP contribution in [-0.4, -0.2) is 38.4 Å². The number of sulfonamides is 1. The van der Waals surface area contributed by atoms with Gasteiger partial charge in [0.2, 0.25) is 5.91 Å². The average Bonchev–Trinajstić information content (AvgIpc) is 2.79. The topological polar surface area (TPSA) is 106 Å². The number of amides is 1. The average molecular weight is 457 g/mol. The molecule has 0 unspecified atom stereocenters. The number of nitrogens with zero attached hydrogens (tertiary/aromatic N) is 2. The minimum atomic E-state index is -4.19. The molecular weight excluding hydrogens is 437 g/mol. The summed E-state index contributed by atoms with van der Waals surface area (Å²) >= 11 is 0. The normalized spacial score (nSPS) is 10.9. The van der Waals surface area contributed by atoms with Crippen molar-refractivity contribution < 1.29 is 27.1 Å². The number of hydrogen-bond donors (Lipinski definition) is 1. The summed E-state index contributed by atoms with van der Waals surface area (Å²) in [5, 5.41) is 2.55. The number of rotatable bonds is 8. The Balaban J connectivity index is 1.92. The largest absolute Gasteiger partial charge is 0.462 e. The number of esters is 1. The zero-order chi connectivity index (χ0) is 23.1. The van der Waals surface area contributed by atoms with E-state index in [2.05, 4.69) is 10.3 Å². The Bertz CT molecular complexity index is 1200. The van der Waals surface area contributed by atoms with Gasteiger partial charge in [0.15, 0.2) is 0 Å². The van der Waals surface area contributed by atoms with E-state index in [1.807, 2.05) is 0 Å². The first kappa shape index (κ1) is 22.9. The molecule has 1 heterocycles. The molecule has 0 saturated heterocycles. The van der Waals surface area contributed by atoms with E-state index in [4.69, 9.17) is 4.74 Å². The maximum absolute atomic E-state index is 13.4. The minimum Gasteiger partial charge on any atom is -0.462 e. The molecule has 1 amide bonds. The zero-order valence-corrected chi connectivity index (χ0v) is 17.9. The first-order valence-corrected chi connectivity index (χ1v) is 11.0. The number of carbonyl (C=O) groups is 2. The molecule has 0 fully saturated rings. The molecule has 0 atom stereocenters. The van der Waals surface area contributed by atoms with Crippen molar-refractivity contribution in [2.24, 2.45) is 0 Å². The summed E-state index contributed by atoms with van der Waals surface area (Å²) in [4.78, 5) is 28.6. The summed E-state index contributed by atoms with van der Waals surface area (Å²) in [5.74, 6) is -1.89. The van der Waals surface area contributed by atoms with Crippen molar-refractivity contribution in [1.29, 1.82) is 0 Å². The van der Waals surface area contributed by atoms with Crippen LogP contribution in [-0.2, 0) is 19.6 Å². The van der Waals surface area contributed by atoms with Crippen LogP contribution in [0.25, 0.3) is 0 Å². The molecule has 10 heteroatoms. The Morgan fingerprint density at radius 2 is 1.78 bits per heavy atom. The van der Waals surface area contributed by atoms with Crippen LogP contribution in [0.5, 0.6) is 0 Å². The number of para-hydroxylation sites is 1. The Hall–Kier alpha value is -3.79. The van der Waals surface area contributed by atoms with Gasteiger partial charge >= 0.3 is 5.97 Å². The number of hydrogen-bond acceptors (Lipinski definition) is 6. The molecule has 8 nitrogen and oxygen atoms in total. The number of carbonyl (C=O) groups excluding carboxylic acids is 2. The molecule has 0 bridgehead atoms. The lowest BCUT2D eigenvalue weighted by Crippen LogP contribution is -2.38. The summed E-state index contributed by atoms with van der Waals surface area (Å²) in [6, 6.07) is 13.7. The van der Waals surface area contributed by atoms with E-state index in [1.165, 1.54) is 42.6 Å². The Morgan fingerprint density at radius 1 is 1.06 bits per heavy atom. The number of nitrogens with one attached hydrogen (secondary N) is 1. The molecule has 0 saturated carbocycles. The van der Waals surface area contributed by atoms with Gasteiger partial charge in [-0.2, -0.15) is 0 Å². The molecule has 0 spiro atoms. The molecular formula is C22H20FN3O5S. The van der Waals surface area contributed by atoms with Gasteiger partial charge in [0.25, 0.3) is 10.0 Å². The van der Waals surface area contributed by atoms with Crippen LogP contribution in [0, 0.1) is 5.82 Å². The number of halogens is 1. The van der Waals surface area contributed by atoms with Crippen LogP contribution in [0.3, 0.4) is 0 Å². The highest BCUT2D eigenvalue weighted by molar-refractivity contribution is 7.92. The molecule has 0 radical (unpaired) electrons. The van der Waals surface area contributed by atoms with Gasteiger partial charge < -0.3 is 10.1 Å². The highest BCUT2D eigenvalue weighted by Crippen LogP contribution is 2.24. The predicted molar refractivity (Wildman–Crippen MR) is 116 cm³/mol. The molecule has 166 valence electrons. The third kappa shape index (κ3) is 5.27. The van der Waals surface area contributed by atoms with Gasteiger partial charge in [-0.1, -0.05) is 12.1 Å². The van der Waals surface area contributed by atoms with Gasteiger partial charge in [0.05, 0.1) is 23.5 Å². The van der Waals surface area contributed by atoms with Crippen molar-refractivity contribution in [2.45, 2.75) is 11.8 Å². The fourth-order valence-electron chi connectivity index (χ4n) is 2.85. The summed E-state index contributed by atoms with van der Waals surface area (Å²) in [5.41, 5.74) is 0.393.